The summed E-state index contributed by atoms with van der Waals surface area (Å²) in [5.74, 6) is -4.58. The van der Waals surface area contributed by atoms with Crippen LogP contribution in [0.3, 0.4) is 0 Å². The van der Waals surface area contributed by atoms with Crippen LogP contribution >= 0.6 is 0 Å². The van der Waals surface area contributed by atoms with Gasteiger partial charge in [0.2, 0.25) is 0 Å². The maximum atomic E-state index is 9.61. The van der Waals surface area contributed by atoms with Crippen LogP contribution in [0.2, 0.25) is 0 Å². The second kappa shape index (κ2) is 723. The van der Waals surface area contributed by atoms with Crippen molar-refractivity contribution in [2.75, 3.05) is 0 Å². The molecular formula is C20H25N5Na95O10+95. The summed E-state index contributed by atoms with van der Waals surface area (Å²) in [6.07, 6.45) is 0.307. The number of hydrogen-bond donors (Lipinski definition) is 5. The van der Waals surface area contributed by atoms with Crippen molar-refractivity contribution >= 4 is 29.8 Å². The Kier molecular flexibility index (Phi) is 4080. The van der Waals surface area contributed by atoms with Gasteiger partial charge in [0.1, 0.15) is 0 Å². The Hall–Kier alpha value is 89.8. The summed E-state index contributed by atoms with van der Waals surface area (Å²) < 4.78 is 0. The normalized spacial score (nSPS) is 1.96. The molecule has 0 aromatic carbocycles. The first-order valence-electron chi connectivity index (χ1n) is 9.29. The van der Waals surface area contributed by atoms with E-state index in [9.17, 15) is 24.0 Å². The molecule has 0 spiro atoms. The molecule has 0 aliphatic carbocycles. The topological polar surface area (TPSA) is 305 Å². The van der Waals surface area contributed by atoms with Crippen LogP contribution < -0.4 is 2810 Å². The molecule has 0 aliphatic rings. The van der Waals surface area contributed by atoms with E-state index in [4.69, 9.17) is 51.8 Å². The molecule has 190 valence electrons. The minimum absolute atomic E-state index is 0. The monoisotopic (exact) mass is 2680 g/mol. The molecule has 0 unspecified atom stereocenters. The van der Waals surface area contributed by atoms with Gasteiger partial charge in [-0.05, 0) is 0 Å². The molecule has 0 aromatic rings. The van der Waals surface area contributed by atoms with Crippen LogP contribution in [-0.4, -0.2) is 55.4 Å². The Morgan fingerprint density at radius 3 is 0.146 bits per heavy atom. The van der Waals surface area contributed by atoms with Gasteiger partial charge in [-0.15, -0.1) is 0 Å². The zero-order valence-corrected chi connectivity index (χ0v) is 304. The van der Waals surface area contributed by atoms with E-state index in [1.807, 2.05) is 0 Å². The third-order valence-corrected chi connectivity index (χ3v) is 2.25. The molecule has 15 nitrogen and oxygen atoms in total. The zero-order valence-electron chi connectivity index (χ0n) is 114. The summed E-state index contributed by atoms with van der Waals surface area (Å²) in [4.78, 5) is 48.0. The number of hydrogen-bond acceptors (Lipinski definition) is 10. The number of carbonyl (C=O) groups is 5. The summed E-state index contributed by atoms with van der Waals surface area (Å²) in [7, 11) is 0. The maximum absolute atomic E-state index is 9.61. The summed E-state index contributed by atoms with van der Waals surface area (Å²) in [5, 5.41) is 78.5. The fourth-order valence-corrected chi connectivity index (χ4v) is 0.814. The third-order valence-electron chi connectivity index (χ3n) is 2.25. The van der Waals surface area contributed by atoms with Gasteiger partial charge in [-0.1, -0.05) is 0 Å². The van der Waals surface area contributed by atoms with Gasteiger partial charge in [0.05, 0.1) is 62.5 Å². The number of nitrogens with zero attached hydrogens (tertiary/aromatic N) is 5. The number of carboxylic acids is 5. The van der Waals surface area contributed by atoms with Crippen LogP contribution in [0.15, 0.2) is 0 Å². The van der Waals surface area contributed by atoms with Gasteiger partial charge in [-0.2, -0.15) is 26.3 Å². The van der Waals surface area contributed by atoms with E-state index in [0.29, 0.717) is 0 Å². The van der Waals surface area contributed by atoms with E-state index in [1.54, 1.807) is 30.3 Å². The van der Waals surface area contributed by atoms with E-state index in [0.717, 1.165) is 0 Å². The Bertz CT molecular complexity index is 786. The molecule has 0 saturated carbocycles. The Labute approximate surface area is 2900 Å². The summed E-state index contributed by atoms with van der Waals surface area (Å²) in [6, 6.07) is 8.59. The molecule has 0 atom stereocenters. The van der Waals surface area contributed by atoms with Crippen LogP contribution in [0.1, 0.15) is 64.2 Å². The third kappa shape index (κ3) is 849. The predicted octanol–water partition coefficient (Wildman–Crippen LogP) is -283. The Balaban J connectivity index is -0.000000000747. The average Bonchev–Trinajstić information content (AvgIpc) is 2.78. The molecule has 0 aliphatic heterocycles. The fraction of sp³-hybridized carbons (Fsp3) is 0.500. The smallest absolute Gasteiger partial charge is 0.481 e. The minimum atomic E-state index is -0.915. The van der Waals surface area contributed by atoms with Crippen LogP contribution in [0.5, 0.6) is 0 Å². The molecule has 110 heteroatoms. The van der Waals surface area contributed by atoms with Gasteiger partial charge in [0.15, 0.2) is 0 Å². The van der Waals surface area contributed by atoms with E-state index in [-0.39, 0.29) is 2870 Å². The first kappa shape index (κ1) is 733. The first-order chi connectivity index (χ1) is 16.4. The Morgan fingerprint density at radius 2 is 0.138 bits per heavy atom. The quantitative estimate of drug-likeness (QED) is 0.127. The van der Waals surface area contributed by atoms with Gasteiger partial charge in [0, 0.05) is 32.1 Å². The van der Waals surface area contributed by atoms with Gasteiger partial charge in [-0.25, -0.2) is 0 Å². The van der Waals surface area contributed by atoms with Crippen molar-refractivity contribution in [3.63, 3.8) is 0 Å². The molecule has 0 radical (unpaired) electrons. The van der Waals surface area contributed by atoms with E-state index < -0.39 is 29.8 Å². The second-order valence-electron chi connectivity index (χ2n) is 5.26. The van der Waals surface area contributed by atoms with E-state index in [2.05, 4.69) is 0 Å². The van der Waals surface area contributed by atoms with Crippen molar-refractivity contribution in [2.24, 2.45) is 0 Å². The summed E-state index contributed by atoms with van der Waals surface area (Å²) in [6.45, 7) is 0. The van der Waals surface area contributed by atoms with Gasteiger partial charge < -0.3 is 25.5 Å². The van der Waals surface area contributed by atoms with Crippen LogP contribution in [0.4, 0.5) is 0 Å². The molecule has 130 heavy (non-hydrogen) atoms. The molecule has 0 bridgehead atoms. The van der Waals surface area contributed by atoms with Gasteiger partial charge >= 0.3 is 2840 Å². The van der Waals surface area contributed by atoms with Crippen LogP contribution in [0.25, 0.3) is 0 Å². The van der Waals surface area contributed by atoms with Crippen molar-refractivity contribution in [3.05, 3.63) is 0 Å². The fourth-order valence-electron chi connectivity index (χ4n) is 0.814. The number of nitriles is 5. The molecule has 0 rings (SSSR count). The van der Waals surface area contributed by atoms with Crippen molar-refractivity contribution in [1.29, 1.82) is 26.3 Å². The summed E-state index contributed by atoms with van der Waals surface area (Å²) in [5.41, 5.74) is 0. The number of aliphatic carboxylic acids is 5. The summed E-state index contributed by atoms with van der Waals surface area (Å²) >= 11 is 0. The molecule has 0 aromatic heterocycles. The molecule has 0 fully saturated rings. The first-order valence-corrected chi connectivity index (χ1v) is 9.29. The molecule has 0 amide bonds. The number of rotatable bonds is 10. The van der Waals surface area contributed by atoms with Crippen LogP contribution in [0, 0.1) is 56.7 Å². The van der Waals surface area contributed by atoms with Gasteiger partial charge in [0.25, 0.3) is 0 Å². The van der Waals surface area contributed by atoms with E-state index in [1.165, 1.54) is 0 Å². The standard InChI is InChI=1S/5C4H5NO2.95Na/c5*5-3-1-2-4(6)7;;;;;;;;;;;;;;;;;;;;;;;;;;;;;;;;;;;;;;;;;;;;;;;;;;;;;;;;;;;;;;;;;;;;;;;;;;;;;;;;;;;;;;;;;;;;;;;/h5*1-2H2,(H,6,7);;;;;;;;;;;;;;;;;;;;;;;;;;;;;;;;;;;;;;;;;;;;;;;;;;;;;;;;;;;;;;;;;;;;;;;;;;;;;;;;;;;;;;;;;;;;;;;/q;;;;;95*+1. The SMILES string of the molecule is N#CCCC(=O)O.N#CCCC(=O)O.N#CCCC(=O)O.N#CCCC(=O)O.N#CCCC(=O)O.[Na+].[Na+].[Na+].[Na+].[Na+].[Na+].[Na+].[Na+].[Na+].[Na+].[Na+].[Na+].[Na+].[Na+].[Na+].[Na+].[Na+].[Na+].[Na+].[Na+].[Na+].[Na+].[Na+].[Na+].[Na+].[Na+].[Na+].[Na+].[Na+].[Na+].[Na+].[Na+].[Na+].[Na+].[Na+].[Na+].[Na+].[Na+].[Na+].[Na+].[Na+].[Na+].[Na+].[Na+].[Na+].[Na+].[Na+].[Na+].[Na+].[Na+].[Na+].[Na+].[Na+].[Na+].[Na+].[Na+].[Na+].[Na+].[Na+].[Na+].[Na+].[Na+].[Na+].[Na+].[Na+].[Na+].[Na+].[Na+].[Na+].[Na+].[Na+].[Na+].[Na+].[Na+].[Na+].[Na+].[Na+].[Na+].[Na+].[Na+].[Na+].[Na+].[Na+].[Na+].[Na+].[Na+].[Na+].[Na+].[Na+].[Na+].[Na+].[Na+].[Na+].[Na+].[Na+]. The van der Waals surface area contributed by atoms with Crippen molar-refractivity contribution in [3.8, 4) is 30.3 Å². The average molecular weight is 2680 g/mol. The molecular weight excluding hydrogens is 2650 g/mol. The van der Waals surface area contributed by atoms with Crippen LogP contribution in [-0.2, 0) is 24.0 Å². The van der Waals surface area contributed by atoms with E-state index >= 15 is 0 Å². The predicted molar refractivity (Wildman–Crippen MR) is 112 cm³/mol. The molecule has 5 N–H and O–H groups in total. The minimum Gasteiger partial charge on any atom is -0.481 e. The molecule has 0 saturated heterocycles. The van der Waals surface area contributed by atoms with Crippen molar-refractivity contribution in [1.82, 2.24) is 0 Å². The maximum Gasteiger partial charge on any atom is 1.00 e. The zero-order chi connectivity index (χ0) is 28.5. The molecule has 0 heterocycles. The number of carboxylic acid groups (broad SMARTS) is 5. The Morgan fingerprint density at radius 1 is 0.108 bits per heavy atom. The largest absolute Gasteiger partial charge is 1.00 e. The second-order valence-corrected chi connectivity index (χ2v) is 5.26. The van der Waals surface area contributed by atoms with Crippen molar-refractivity contribution in [2.45, 2.75) is 64.2 Å². The van der Waals surface area contributed by atoms with Gasteiger partial charge in [-0.3, -0.25) is 24.0 Å². The van der Waals surface area contributed by atoms with Crippen molar-refractivity contribution < 1.29 is 2860 Å².